The average molecular weight is 388 g/mol. The second-order valence-corrected chi connectivity index (χ2v) is 6.67. The van der Waals surface area contributed by atoms with E-state index < -0.39 is 6.61 Å². The quantitative estimate of drug-likeness (QED) is 0.791. The first-order valence-electron chi connectivity index (χ1n) is 9.20. The van der Waals surface area contributed by atoms with Gasteiger partial charge in [0.15, 0.2) is 0 Å². The molecule has 0 unspecified atom stereocenters. The molecule has 0 aliphatic carbocycles. The Kier molecular flexibility index (Phi) is 6.57. The Bertz CT molecular complexity index is 801. The molecule has 3 rings (SSSR count). The van der Waals surface area contributed by atoms with Crippen molar-refractivity contribution < 1.29 is 23.1 Å². The summed E-state index contributed by atoms with van der Waals surface area (Å²) < 4.78 is 28.5. The predicted molar refractivity (Wildman–Crippen MR) is 100 cm³/mol. The van der Waals surface area contributed by atoms with Gasteiger partial charge in [-0.05, 0) is 48.2 Å². The van der Waals surface area contributed by atoms with E-state index in [-0.39, 0.29) is 24.0 Å². The van der Waals surface area contributed by atoms with Crippen LogP contribution in [0.4, 0.5) is 8.78 Å². The Morgan fingerprint density at radius 3 is 2.18 bits per heavy atom. The number of carbonyl (C=O) groups excluding carboxylic acids is 2. The fourth-order valence-electron chi connectivity index (χ4n) is 3.11. The van der Waals surface area contributed by atoms with E-state index in [0.717, 1.165) is 31.5 Å². The van der Waals surface area contributed by atoms with Crippen LogP contribution in [-0.4, -0.2) is 36.4 Å². The minimum absolute atomic E-state index is 0.0485. The molecule has 0 atom stereocenters. The van der Waals surface area contributed by atoms with E-state index in [1.807, 2.05) is 17.0 Å². The van der Waals surface area contributed by atoms with Crippen molar-refractivity contribution in [3.05, 3.63) is 65.2 Å². The first kappa shape index (κ1) is 19.8. The standard InChI is InChI=1S/C21H22F2N2O3/c22-21(23)28-18-9-5-15(6-10-18)13-19(26)24-14-16-3-7-17(8-4-16)20(27)25-11-1-2-12-25/h3-10,21H,1-2,11-14H2,(H,24,26). The monoisotopic (exact) mass is 388 g/mol. The number of nitrogens with one attached hydrogen (secondary N) is 1. The third kappa shape index (κ3) is 5.52. The molecular formula is C21H22F2N2O3. The fraction of sp³-hybridized carbons (Fsp3) is 0.333. The van der Waals surface area contributed by atoms with Crippen LogP contribution in [0, 0.1) is 0 Å². The third-order valence-corrected chi connectivity index (χ3v) is 4.60. The number of nitrogens with zero attached hydrogens (tertiary/aromatic N) is 1. The van der Waals surface area contributed by atoms with Crippen LogP contribution in [0.2, 0.25) is 0 Å². The van der Waals surface area contributed by atoms with E-state index in [0.29, 0.717) is 17.7 Å². The molecule has 28 heavy (non-hydrogen) atoms. The van der Waals surface area contributed by atoms with Gasteiger partial charge in [0, 0.05) is 25.2 Å². The van der Waals surface area contributed by atoms with Gasteiger partial charge >= 0.3 is 6.61 Å². The second kappa shape index (κ2) is 9.30. The molecule has 1 heterocycles. The highest BCUT2D eigenvalue weighted by Crippen LogP contribution is 2.16. The molecule has 1 aliphatic heterocycles. The molecule has 1 aliphatic rings. The Balaban J connectivity index is 1.47. The van der Waals surface area contributed by atoms with Gasteiger partial charge in [0.2, 0.25) is 5.91 Å². The minimum Gasteiger partial charge on any atom is -0.435 e. The summed E-state index contributed by atoms with van der Waals surface area (Å²) in [7, 11) is 0. The van der Waals surface area contributed by atoms with Crippen molar-refractivity contribution in [3.63, 3.8) is 0 Å². The highest BCUT2D eigenvalue weighted by Gasteiger charge is 2.19. The summed E-state index contributed by atoms with van der Waals surface area (Å²) >= 11 is 0. The van der Waals surface area contributed by atoms with Gasteiger partial charge < -0.3 is 15.0 Å². The lowest BCUT2D eigenvalue weighted by atomic mass is 10.1. The zero-order valence-electron chi connectivity index (χ0n) is 15.4. The van der Waals surface area contributed by atoms with E-state index in [2.05, 4.69) is 10.1 Å². The van der Waals surface area contributed by atoms with Crippen LogP contribution in [0.3, 0.4) is 0 Å². The molecule has 0 aromatic heterocycles. The van der Waals surface area contributed by atoms with Gasteiger partial charge in [-0.2, -0.15) is 8.78 Å². The summed E-state index contributed by atoms with van der Waals surface area (Å²) in [5.74, 6) is -0.0742. The summed E-state index contributed by atoms with van der Waals surface area (Å²) in [6.07, 6.45) is 2.25. The van der Waals surface area contributed by atoms with Crippen molar-refractivity contribution in [1.29, 1.82) is 0 Å². The Morgan fingerprint density at radius 2 is 1.57 bits per heavy atom. The van der Waals surface area contributed by atoms with Crippen LogP contribution in [0.1, 0.15) is 34.3 Å². The highest BCUT2D eigenvalue weighted by molar-refractivity contribution is 5.94. The minimum atomic E-state index is -2.87. The van der Waals surface area contributed by atoms with Gasteiger partial charge in [-0.3, -0.25) is 9.59 Å². The maximum Gasteiger partial charge on any atom is 0.387 e. The highest BCUT2D eigenvalue weighted by atomic mass is 19.3. The van der Waals surface area contributed by atoms with Gasteiger partial charge in [-0.1, -0.05) is 24.3 Å². The molecule has 0 spiro atoms. The predicted octanol–water partition coefficient (Wildman–Crippen LogP) is 3.38. The lowest BCUT2D eigenvalue weighted by Crippen LogP contribution is -2.27. The molecule has 1 saturated heterocycles. The summed E-state index contributed by atoms with van der Waals surface area (Å²) in [5.41, 5.74) is 2.25. The number of halogens is 2. The van der Waals surface area contributed by atoms with Crippen molar-refractivity contribution in [3.8, 4) is 5.75 Å². The van der Waals surface area contributed by atoms with Gasteiger partial charge in [0.25, 0.3) is 5.91 Å². The Labute approximate surface area is 162 Å². The average Bonchev–Trinajstić information content (AvgIpc) is 3.22. The third-order valence-electron chi connectivity index (χ3n) is 4.60. The number of alkyl halides is 2. The van der Waals surface area contributed by atoms with Crippen LogP contribution in [-0.2, 0) is 17.8 Å². The molecule has 0 bridgehead atoms. The van der Waals surface area contributed by atoms with Crippen molar-refractivity contribution >= 4 is 11.8 Å². The summed E-state index contributed by atoms with van der Waals surface area (Å²) in [6, 6.07) is 13.2. The van der Waals surface area contributed by atoms with E-state index >= 15 is 0 Å². The number of hydrogen-bond donors (Lipinski definition) is 1. The molecule has 1 fully saturated rings. The molecule has 0 radical (unpaired) electrons. The van der Waals surface area contributed by atoms with Crippen molar-refractivity contribution in [1.82, 2.24) is 10.2 Å². The van der Waals surface area contributed by atoms with Gasteiger partial charge in [0.05, 0.1) is 6.42 Å². The SMILES string of the molecule is O=C(Cc1ccc(OC(F)F)cc1)NCc1ccc(C(=O)N2CCCC2)cc1. The van der Waals surface area contributed by atoms with E-state index in [4.69, 9.17) is 0 Å². The molecular weight excluding hydrogens is 366 g/mol. The molecule has 2 aromatic rings. The molecule has 5 nitrogen and oxygen atoms in total. The number of carbonyl (C=O) groups is 2. The number of ether oxygens (including phenoxy) is 1. The van der Waals surface area contributed by atoms with Crippen LogP contribution < -0.4 is 10.1 Å². The second-order valence-electron chi connectivity index (χ2n) is 6.67. The Hall–Kier alpha value is -2.96. The van der Waals surface area contributed by atoms with Gasteiger partial charge in [-0.25, -0.2) is 0 Å². The van der Waals surface area contributed by atoms with Gasteiger partial charge in [-0.15, -0.1) is 0 Å². The van der Waals surface area contributed by atoms with Gasteiger partial charge in [0.1, 0.15) is 5.75 Å². The van der Waals surface area contributed by atoms with Crippen molar-refractivity contribution in [2.24, 2.45) is 0 Å². The Morgan fingerprint density at radius 1 is 0.964 bits per heavy atom. The summed E-state index contributed by atoms with van der Waals surface area (Å²) in [5, 5.41) is 2.81. The zero-order chi connectivity index (χ0) is 19.9. The smallest absolute Gasteiger partial charge is 0.387 e. The van der Waals surface area contributed by atoms with E-state index in [1.54, 1.807) is 24.3 Å². The number of amides is 2. The molecule has 2 amide bonds. The molecule has 148 valence electrons. The van der Waals surface area contributed by atoms with Crippen LogP contribution in [0.15, 0.2) is 48.5 Å². The zero-order valence-corrected chi connectivity index (χ0v) is 15.4. The molecule has 7 heteroatoms. The summed E-state index contributed by atoms with van der Waals surface area (Å²) in [6.45, 7) is -0.896. The lowest BCUT2D eigenvalue weighted by molar-refractivity contribution is -0.120. The summed E-state index contributed by atoms with van der Waals surface area (Å²) in [4.78, 5) is 26.2. The normalized spacial score (nSPS) is 13.6. The van der Waals surface area contributed by atoms with E-state index in [9.17, 15) is 18.4 Å². The van der Waals surface area contributed by atoms with Crippen LogP contribution >= 0.6 is 0 Å². The van der Waals surface area contributed by atoms with Crippen molar-refractivity contribution in [2.75, 3.05) is 13.1 Å². The maximum absolute atomic E-state index is 12.3. The first-order chi connectivity index (χ1) is 13.5. The molecule has 2 aromatic carbocycles. The number of benzene rings is 2. The van der Waals surface area contributed by atoms with Crippen LogP contribution in [0.5, 0.6) is 5.75 Å². The number of rotatable bonds is 7. The largest absolute Gasteiger partial charge is 0.435 e. The lowest BCUT2D eigenvalue weighted by Gasteiger charge is -2.15. The molecule has 0 saturated carbocycles. The maximum atomic E-state index is 12.3. The first-order valence-corrected chi connectivity index (χ1v) is 9.20. The number of likely N-dealkylation sites (tertiary alicyclic amines) is 1. The number of hydrogen-bond acceptors (Lipinski definition) is 3. The fourth-order valence-corrected chi connectivity index (χ4v) is 3.11. The topological polar surface area (TPSA) is 58.6 Å². The molecule has 1 N–H and O–H groups in total. The van der Waals surface area contributed by atoms with Crippen molar-refractivity contribution in [2.45, 2.75) is 32.4 Å². The van der Waals surface area contributed by atoms with E-state index in [1.165, 1.54) is 12.1 Å². The van der Waals surface area contributed by atoms with Crippen LogP contribution in [0.25, 0.3) is 0 Å².